The first-order chi connectivity index (χ1) is 30.8. The van der Waals surface area contributed by atoms with Gasteiger partial charge in [0.05, 0.1) is 41.9 Å². The second kappa shape index (κ2) is 30.6. The number of hydrazine groups is 1. The molecular weight excluding hydrogens is 892 g/mol. The highest BCUT2D eigenvalue weighted by molar-refractivity contribution is 7.14. The zero-order valence-corrected chi connectivity index (χ0v) is 38.4. The van der Waals surface area contributed by atoms with E-state index in [0.717, 1.165) is 61.0 Å². The number of ether oxygens (including phenoxy) is 3. The highest BCUT2D eigenvalue weighted by Crippen LogP contribution is 2.31. The molecule has 0 aliphatic rings. The van der Waals surface area contributed by atoms with Gasteiger partial charge >= 0.3 is 11.9 Å². The van der Waals surface area contributed by atoms with Crippen molar-refractivity contribution < 1.29 is 28.6 Å². The van der Waals surface area contributed by atoms with Crippen molar-refractivity contribution in [2.24, 2.45) is 10.9 Å². The molecule has 0 aliphatic heterocycles. The topological polar surface area (TPSA) is 167 Å². The van der Waals surface area contributed by atoms with E-state index in [9.17, 15) is 14.4 Å². The van der Waals surface area contributed by atoms with Gasteiger partial charge in [0.2, 0.25) is 5.13 Å². The molecule has 4 N–H and O–H groups in total. The highest BCUT2D eigenvalue weighted by atomic mass is 35.5. The molecule has 0 saturated heterocycles. The number of halogens is 2. The van der Waals surface area contributed by atoms with E-state index in [0.29, 0.717) is 62.1 Å². The molecule has 0 aliphatic carbocycles. The van der Waals surface area contributed by atoms with E-state index in [1.165, 1.54) is 35.5 Å². The molecule has 0 radical (unpaired) electrons. The van der Waals surface area contributed by atoms with Crippen molar-refractivity contribution >= 4 is 80.6 Å². The summed E-state index contributed by atoms with van der Waals surface area (Å²) in [5, 5.41) is 10.7. The lowest BCUT2D eigenvalue weighted by Crippen LogP contribution is -2.11. The number of benzene rings is 4. The molecule has 0 fully saturated rings. The van der Waals surface area contributed by atoms with Gasteiger partial charge in [-0.2, -0.15) is 5.10 Å². The van der Waals surface area contributed by atoms with E-state index in [1.807, 2.05) is 65.4 Å². The zero-order valence-electron chi connectivity index (χ0n) is 35.3. The number of nitrogens with one attached hydrogen (secondary N) is 2. The second-order valence-corrected chi connectivity index (χ2v) is 16.1. The molecule has 0 unspecified atom stereocenters. The van der Waals surface area contributed by atoms with Crippen LogP contribution in [0.2, 0.25) is 10.0 Å². The molecule has 0 spiro atoms. The second-order valence-electron chi connectivity index (χ2n) is 13.6. The lowest BCUT2D eigenvalue weighted by Gasteiger charge is -2.08. The lowest BCUT2D eigenvalue weighted by molar-refractivity contribution is -0.0323. The number of aldehydes is 1. The third-order valence-electron chi connectivity index (χ3n) is 8.93. The van der Waals surface area contributed by atoms with Crippen LogP contribution in [0, 0.1) is 0 Å². The first-order valence-electron chi connectivity index (χ1n) is 20.5. The number of carbonyl (C=O) groups excluding carboxylic acids is 3. The Morgan fingerprint density at radius 1 is 0.672 bits per heavy atom. The maximum absolute atomic E-state index is 12.4. The molecule has 2 heterocycles. The minimum atomic E-state index is -0.448. The maximum atomic E-state index is 12.4. The van der Waals surface area contributed by atoms with Gasteiger partial charge in [-0.15, -0.1) is 22.7 Å². The fraction of sp³-hybridized carbons (Fsp3) is 0.292. The quantitative estimate of drug-likeness (QED) is 0.0119. The summed E-state index contributed by atoms with van der Waals surface area (Å²) in [6.45, 7) is 5.25. The number of nitrogen functional groups attached to an aromatic ring is 1. The lowest BCUT2D eigenvalue weighted by atomic mass is 10.1. The number of esters is 2. The molecule has 0 bridgehead atoms. The van der Waals surface area contributed by atoms with Gasteiger partial charge in [-0.3, -0.25) is 15.6 Å². The Bertz CT molecular complexity index is 2340. The molecule has 4 aromatic carbocycles. The molecule has 0 saturated carbocycles. The van der Waals surface area contributed by atoms with Crippen molar-refractivity contribution in [2.75, 3.05) is 30.9 Å². The van der Waals surface area contributed by atoms with Crippen LogP contribution in [0.3, 0.4) is 0 Å². The van der Waals surface area contributed by atoms with Gasteiger partial charge in [0.1, 0.15) is 0 Å². The van der Waals surface area contributed by atoms with Gasteiger partial charge in [0, 0.05) is 43.1 Å². The van der Waals surface area contributed by atoms with Gasteiger partial charge < -0.3 is 14.2 Å². The van der Waals surface area contributed by atoms with E-state index >= 15 is 0 Å². The first-order valence-corrected chi connectivity index (χ1v) is 23.0. The molecule has 0 amide bonds. The van der Waals surface area contributed by atoms with Crippen LogP contribution in [-0.2, 0) is 14.2 Å². The summed E-state index contributed by atoms with van der Waals surface area (Å²) in [6.07, 6.45) is 10.9. The number of nitrogens with two attached hydrogens (primary N) is 1. The Hall–Kier alpha value is -5.48. The number of aromatic nitrogens is 2. The van der Waals surface area contributed by atoms with Gasteiger partial charge in [-0.25, -0.2) is 25.4 Å². The van der Waals surface area contributed by atoms with Crippen LogP contribution in [0.4, 0.5) is 10.3 Å². The molecule has 6 rings (SSSR count). The van der Waals surface area contributed by atoms with Crippen molar-refractivity contribution in [1.29, 1.82) is 0 Å². The Balaban J connectivity index is 0.000000284. The fourth-order valence-corrected chi connectivity index (χ4v) is 7.37. The largest absolute Gasteiger partial charge is 0.462 e. The van der Waals surface area contributed by atoms with Crippen molar-refractivity contribution in [1.82, 2.24) is 9.97 Å². The summed E-state index contributed by atoms with van der Waals surface area (Å²) in [5.74, 6) is 4.38. The predicted octanol–water partition coefficient (Wildman–Crippen LogP) is 13.2. The minimum Gasteiger partial charge on any atom is -0.462 e. The first kappa shape index (κ1) is 52.9. The normalized spacial score (nSPS) is 10.4. The average molecular weight is 948 g/mol. The van der Waals surface area contributed by atoms with Crippen molar-refractivity contribution in [2.45, 2.75) is 72.6 Å². The van der Waals surface area contributed by atoms with Crippen LogP contribution >= 0.6 is 45.9 Å². The number of hydrazone groups is 1. The molecule has 6 aromatic rings. The summed E-state index contributed by atoms with van der Waals surface area (Å²) < 4.78 is 15.7. The van der Waals surface area contributed by atoms with Crippen LogP contribution in [0.25, 0.3) is 22.5 Å². The van der Waals surface area contributed by atoms with Crippen LogP contribution in [0.1, 0.15) is 109 Å². The Morgan fingerprint density at radius 3 is 1.73 bits per heavy atom. The number of hydrogen-bond acceptors (Lipinski definition) is 14. The predicted molar refractivity (Wildman–Crippen MR) is 264 cm³/mol. The zero-order chi connectivity index (χ0) is 45.1. The van der Waals surface area contributed by atoms with Gasteiger partial charge in [0.15, 0.2) is 18.2 Å². The Labute approximate surface area is 394 Å². The molecule has 12 nitrogen and oxygen atoms in total. The molecule has 64 heavy (non-hydrogen) atoms. The Morgan fingerprint density at radius 2 is 1.17 bits per heavy atom. The standard InChI is InChI=1S/C24H26ClN3O3S.C14H18O3.C9H8ClN3S.CH4/c1-2-3-4-9-14-30-17-31-23(29)19-11-6-5-10-18(19)15-26-28-24-27-22(16-32-24)20-12-7-8-13-21(20)25;1-2-3-4-7-10-17-14(16)13-9-6-5-8-12(13)11-15;10-7-4-2-1-3-6(7)8-5-14-9(12-8)13-11;/h5-8,10-13,15-16H,2-4,9,14,17H2,1H3,(H,27,28);5-6,8-9,11H,2-4,7,10H2,1H3;1-5H,11H2,(H,12,13);1H4/b26-15+;;;. The van der Waals surface area contributed by atoms with Crippen LogP contribution < -0.4 is 16.7 Å². The summed E-state index contributed by atoms with van der Waals surface area (Å²) in [7, 11) is 0. The third kappa shape index (κ3) is 17.9. The number of anilines is 2. The SMILES string of the molecule is C.CCCCCCOC(=O)c1ccccc1C=O.CCCCCCOCOC(=O)c1ccccc1/C=N/Nc1nc(-c2ccccc2Cl)cs1.NNc1nc(-c2ccccc2Cl)cs1. The van der Waals surface area contributed by atoms with Gasteiger partial charge in [-0.1, -0.05) is 156 Å². The maximum Gasteiger partial charge on any atom is 0.340 e. The number of carbonyl (C=O) groups is 3. The van der Waals surface area contributed by atoms with Gasteiger partial charge in [-0.05, 0) is 37.1 Å². The van der Waals surface area contributed by atoms with Crippen LogP contribution in [0.15, 0.2) is 113 Å². The van der Waals surface area contributed by atoms with E-state index < -0.39 is 11.9 Å². The van der Waals surface area contributed by atoms with Crippen LogP contribution in [0.5, 0.6) is 0 Å². The molecule has 0 atom stereocenters. The average Bonchev–Trinajstić information content (AvgIpc) is 4.00. The van der Waals surface area contributed by atoms with Gasteiger partial charge in [0.25, 0.3) is 0 Å². The number of rotatable bonds is 21. The monoisotopic (exact) mass is 946 g/mol. The summed E-state index contributed by atoms with van der Waals surface area (Å²) in [6, 6.07) is 28.9. The highest BCUT2D eigenvalue weighted by Gasteiger charge is 2.13. The number of nitrogens with zero attached hydrogens (tertiary/aromatic N) is 3. The summed E-state index contributed by atoms with van der Waals surface area (Å²) in [4.78, 5) is 43.6. The Kier molecular flexibility index (Phi) is 25.3. The van der Waals surface area contributed by atoms with E-state index in [1.54, 1.807) is 48.7 Å². The molecule has 340 valence electrons. The van der Waals surface area contributed by atoms with E-state index in [-0.39, 0.29) is 14.2 Å². The minimum absolute atomic E-state index is 0. The van der Waals surface area contributed by atoms with Crippen molar-refractivity contribution in [3.8, 4) is 22.5 Å². The third-order valence-corrected chi connectivity index (χ3v) is 11.1. The number of unbranched alkanes of at least 4 members (excludes halogenated alkanes) is 6. The molecule has 16 heteroatoms. The van der Waals surface area contributed by atoms with Crippen molar-refractivity contribution in [3.05, 3.63) is 140 Å². The fourth-order valence-electron chi connectivity index (χ4n) is 5.62. The number of thiazole rings is 2. The summed E-state index contributed by atoms with van der Waals surface area (Å²) >= 11 is 15.1. The van der Waals surface area contributed by atoms with E-state index in [2.05, 4.69) is 39.8 Å². The summed E-state index contributed by atoms with van der Waals surface area (Å²) in [5.41, 5.74) is 10.6. The molecular formula is C48H56Cl2N6O6S2. The molecule has 2 aromatic heterocycles. The number of hydrogen-bond donors (Lipinski definition) is 3. The van der Waals surface area contributed by atoms with Crippen molar-refractivity contribution in [3.63, 3.8) is 0 Å². The smallest absolute Gasteiger partial charge is 0.340 e. The van der Waals surface area contributed by atoms with Crippen LogP contribution in [-0.4, -0.2) is 54.4 Å². The van der Waals surface area contributed by atoms with E-state index in [4.69, 9.17) is 43.3 Å².